The number of aliphatic hydroxyl groups is 1. The highest BCUT2D eigenvalue weighted by Gasteiger charge is 2.32. The Morgan fingerprint density at radius 1 is 1.35 bits per heavy atom. The highest BCUT2D eigenvalue weighted by atomic mass is 16.3. The van der Waals surface area contributed by atoms with Gasteiger partial charge in [0.05, 0.1) is 12.4 Å². The van der Waals surface area contributed by atoms with Gasteiger partial charge in [0.2, 0.25) is 0 Å². The second kappa shape index (κ2) is 7.10. The quantitative estimate of drug-likeness (QED) is 0.840. The van der Waals surface area contributed by atoms with Gasteiger partial charge in [-0.3, -0.25) is 0 Å². The summed E-state index contributed by atoms with van der Waals surface area (Å²) >= 11 is 0. The second-order valence-corrected chi connectivity index (χ2v) is 6.53. The fraction of sp³-hybridized carbons (Fsp3) is 0.529. The normalized spacial score (nSPS) is 24.0. The molecule has 0 aliphatic heterocycles. The minimum atomic E-state index is -0.289. The van der Waals surface area contributed by atoms with E-state index < -0.39 is 0 Å². The maximum Gasteiger partial charge on any atom is 0.132 e. The van der Waals surface area contributed by atoms with Crippen molar-refractivity contribution in [1.29, 1.82) is 0 Å². The van der Waals surface area contributed by atoms with Gasteiger partial charge in [-0.15, -0.1) is 0 Å². The van der Waals surface area contributed by atoms with Crippen molar-refractivity contribution < 1.29 is 5.11 Å². The van der Waals surface area contributed by atoms with Crippen LogP contribution in [-0.4, -0.2) is 45.9 Å². The van der Waals surface area contributed by atoms with Crippen LogP contribution in [0.15, 0.2) is 37.1 Å². The Balaban J connectivity index is 1.56. The van der Waals surface area contributed by atoms with Gasteiger partial charge in [0.15, 0.2) is 0 Å². The lowest BCUT2D eigenvalue weighted by atomic mass is 10.1. The Hall–Kier alpha value is -1.92. The minimum absolute atomic E-state index is 0.138. The van der Waals surface area contributed by atoms with E-state index in [1.807, 2.05) is 43.8 Å². The molecular weight excluding hydrogens is 290 g/mol. The first-order valence-corrected chi connectivity index (χ1v) is 8.12. The molecule has 1 saturated carbocycles. The molecule has 0 bridgehead atoms. The molecule has 2 aromatic heterocycles. The number of hydrogen-bond acceptors (Lipinski definition) is 5. The van der Waals surface area contributed by atoms with Crippen molar-refractivity contribution in [1.82, 2.24) is 19.9 Å². The van der Waals surface area contributed by atoms with E-state index in [-0.39, 0.29) is 12.1 Å². The summed E-state index contributed by atoms with van der Waals surface area (Å²) in [7, 11) is 3.99. The summed E-state index contributed by atoms with van der Waals surface area (Å²) in [4.78, 5) is 10.5. The second-order valence-electron chi connectivity index (χ2n) is 6.53. The van der Waals surface area contributed by atoms with Gasteiger partial charge in [-0.25, -0.2) is 9.97 Å². The van der Waals surface area contributed by atoms with Crippen LogP contribution in [0.2, 0.25) is 0 Å². The fourth-order valence-corrected chi connectivity index (χ4v) is 3.39. The smallest absolute Gasteiger partial charge is 0.132 e. The molecule has 0 amide bonds. The molecule has 3 atom stereocenters. The van der Waals surface area contributed by atoms with Crippen LogP contribution in [0.4, 0.5) is 5.82 Å². The molecule has 0 radical (unpaired) electrons. The van der Waals surface area contributed by atoms with Gasteiger partial charge in [-0.2, -0.15) is 0 Å². The molecular formula is C17H25N5O. The van der Waals surface area contributed by atoms with Gasteiger partial charge in [0.25, 0.3) is 0 Å². The van der Waals surface area contributed by atoms with Crippen LogP contribution in [0.25, 0.3) is 0 Å². The summed E-state index contributed by atoms with van der Waals surface area (Å²) in [6, 6.07) is 4.18. The maximum atomic E-state index is 10.3. The lowest BCUT2D eigenvalue weighted by molar-refractivity contribution is 0.145. The molecule has 23 heavy (non-hydrogen) atoms. The molecule has 1 unspecified atom stereocenters. The molecule has 1 aliphatic carbocycles. The Bertz CT molecular complexity index is 613. The SMILES string of the molecule is CN(C)c1ncccc1CN[C@@H]1CC(Cn2ccnc2)C[C@H]1O. The van der Waals surface area contributed by atoms with Crippen LogP contribution in [0.5, 0.6) is 0 Å². The number of hydrogen-bond donors (Lipinski definition) is 2. The van der Waals surface area contributed by atoms with Gasteiger partial charge < -0.3 is 19.9 Å². The Morgan fingerprint density at radius 3 is 2.96 bits per heavy atom. The average molecular weight is 315 g/mol. The van der Waals surface area contributed by atoms with Gasteiger partial charge >= 0.3 is 0 Å². The first kappa shape index (κ1) is 16.0. The van der Waals surface area contributed by atoms with Crippen molar-refractivity contribution in [2.45, 2.75) is 38.1 Å². The van der Waals surface area contributed by atoms with E-state index in [9.17, 15) is 5.11 Å². The zero-order valence-electron chi connectivity index (χ0n) is 13.8. The Labute approximate surface area is 137 Å². The molecule has 1 fully saturated rings. The molecule has 3 rings (SSSR count). The highest BCUT2D eigenvalue weighted by Crippen LogP contribution is 2.28. The van der Waals surface area contributed by atoms with Crippen molar-refractivity contribution in [3.8, 4) is 0 Å². The third-order valence-electron chi connectivity index (χ3n) is 4.50. The number of nitrogens with zero attached hydrogens (tertiary/aromatic N) is 4. The van der Waals surface area contributed by atoms with E-state index in [0.717, 1.165) is 37.3 Å². The summed E-state index contributed by atoms with van der Waals surface area (Å²) < 4.78 is 2.09. The molecule has 124 valence electrons. The summed E-state index contributed by atoms with van der Waals surface area (Å²) in [6.45, 7) is 1.64. The van der Waals surface area contributed by atoms with E-state index in [0.29, 0.717) is 5.92 Å². The zero-order chi connectivity index (χ0) is 16.2. The van der Waals surface area contributed by atoms with E-state index in [4.69, 9.17) is 0 Å². The summed E-state index contributed by atoms with van der Waals surface area (Å²) in [6.07, 6.45) is 8.96. The summed E-state index contributed by atoms with van der Waals surface area (Å²) in [5.74, 6) is 1.46. The molecule has 2 N–H and O–H groups in total. The van der Waals surface area contributed by atoms with Crippen LogP contribution >= 0.6 is 0 Å². The molecule has 0 aromatic carbocycles. The molecule has 0 spiro atoms. The van der Waals surface area contributed by atoms with Crippen LogP contribution in [0, 0.1) is 5.92 Å². The summed E-state index contributed by atoms with van der Waals surface area (Å²) in [5.41, 5.74) is 1.16. The third kappa shape index (κ3) is 3.89. The average Bonchev–Trinajstić information content (AvgIpc) is 3.15. The fourth-order valence-electron chi connectivity index (χ4n) is 3.39. The minimum Gasteiger partial charge on any atom is -0.391 e. The molecule has 0 saturated heterocycles. The van der Waals surface area contributed by atoms with Gasteiger partial charge in [0, 0.05) is 57.4 Å². The highest BCUT2D eigenvalue weighted by molar-refractivity contribution is 5.45. The van der Waals surface area contributed by atoms with Gasteiger partial charge in [-0.1, -0.05) is 6.07 Å². The first-order valence-electron chi connectivity index (χ1n) is 8.12. The van der Waals surface area contributed by atoms with Gasteiger partial charge in [-0.05, 0) is 24.8 Å². The number of imidazole rings is 1. The van der Waals surface area contributed by atoms with E-state index >= 15 is 0 Å². The van der Waals surface area contributed by atoms with Crippen LogP contribution < -0.4 is 10.2 Å². The van der Waals surface area contributed by atoms with Crippen molar-refractivity contribution in [2.75, 3.05) is 19.0 Å². The van der Waals surface area contributed by atoms with Crippen LogP contribution in [0.3, 0.4) is 0 Å². The standard InChI is InChI=1S/C17H25N5O/c1-21(2)17-14(4-3-5-19-17)10-20-15-8-13(9-16(15)23)11-22-7-6-18-12-22/h3-7,12-13,15-16,20,23H,8-11H2,1-2H3/t13?,15-,16-/m1/s1. The van der Waals surface area contributed by atoms with Crippen molar-refractivity contribution in [3.63, 3.8) is 0 Å². The monoisotopic (exact) mass is 315 g/mol. The largest absolute Gasteiger partial charge is 0.391 e. The number of pyridine rings is 1. The number of rotatable bonds is 6. The van der Waals surface area contributed by atoms with Gasteiger partial charge in [0.1, 0.15) is 5.82 Å². The molecule has 2 heterocycles. The summed E-state index contributed by atoms with van der Waals surface area (Å²) in [5, 5.41) is 13.8. The number of nitrogens with one attached hydrogen (secondary N) is 1. The lowest BCUT2D eigenvalue weighted by Crippen LogP contribution is -2.35. The van der Waals surface area contributed by atoms with Crippen molar-refractivity contribution in [3.05, 3.63) is 42.6 Å². The third-order valence-corrected chi connectivity index (χ3v) is 4.50. The van der Waals surface area contributed by atoms with E-state index in [2.05, 4.69) is 25.9 Å². The predicted octanol–water partition coefficient (Wildman–Crippen LogP) is 1.27. The topological polar surface area (TPSA) is 66.2 Å². The zero-order valence-corrected chi connectivity index (χ0v) is 13.8. The lowest BCUT2D eigenvalue weighted by Gasteiger charge is -2.20. The number of aliphatic hydroxyl groups excluding tert-OH is 1. The van der Waals surface area contributed by atoms with E-state index in [1.165, 1.54) is 0 Å². The number of anilines is 1. The van der Waals surface area contributed by atoms with Crippen molar-refractivity contribution >= 4 is 5.82 Å². The molecule has 6 heteroatoms. The van der Waals surface area contributed by atoms with Crippen LogP contribution in [0.1, 0.15) is 18.4 Å². The van der Waals surface area contributed by atoms with Crippen LogP contribution in [-0.2, 0) is 13.1 Å². The molecule has 6 nitrogen and oxygen atoms in total. The van der Waals surface area contributed by atoms with E-state index in [1.54, 1.807) is 6.20 Å². The molecule has 2 aromatic rings. The number of aromatic nitrogens is 3. The Morgan fingerprint density at radius 2 is 2.22 bits per heavy atom. The Kier molecular flexibility index (Phi) is 4.93. The first-order chi connectivity index (χ1) is 11.1. The molecule has 1 aliphatic rings. The van der Waals surface area contributed by atoms with Crippen molar-refractivity contribution in [2.24, 2.45) is 5.92 Å². The predicted molar refractivity (Wildman–Crippen MR) is 90.1 cm³/mol. The maximum absolute atomic E-state index is 10.3.